The molecule has 1 N–H and O–H groups in total. The molecule has 0 bridgehead atoms. The third kappa shape index (κ3) is 7.05. The fourth-order valence-electron chi connectivity index (χ4n) is 4.21. The molecule has 3 rings (SSSR count). The molecular formula is C27H34FN3O6. The molecule has 0 saturated heterocycles. The fourth-order valence-corrected chi connectivity index (χ4v) is 4.21. The van der Waals surface area contributed by atoms with Crippen molar-refractivity contribution in [3.05, 3.63) is 59.4 Å². The molecule has 200 valence electrons. The number of hydrogen-bond donors (Lipinski definition) is 1. The lowest BCUT2D eigenvalue weighted by Gasteiger charge is -2.36. The van der Waals surface area contributed by atoms with Gasteiger partial charge in [0.15, 0.2) is 0 Å². The molecule has 0 aromatic heterocycles. The van der Waals surface area contributed by atoms with Gasteiger partial charge in [-0.1, -0.05) is 6.92 Å². The van der Waals surface area contributed by atoms with Gasteiger partial charge in [-0.15, -0.1) is 0 Å². The molecule has 2 aromatic carbocycles. The summed E-state index contributed by atoms with van der Waals surface area (Å²) in [5, 5.41) is 2.75. The van der Waals surface area contributed by atoms with Gasteiger partial charge in [0.05, 0.1) is 17.7 Å². The van der Waals surface area contributed by atoms with Crippen molar-refractivity contribution in [3.63, 3.8) is 0 Å². The van der Waals surface area contributed by atoms with Gasteiger partial charge in [-0.2, -0.15) is 0 Å². The van der Waals surface area contributed by atoms with Crippen LogP contribution in [0, 0.1) is 11.7 Å². The van der Waals surface area contributed by atoms with E-state index in [0.29, 0.717) is 24.3 Å². The van der Waals surface area contributed by atoms with Crippen LogP contribution in [-0.4, -0.2) is 87.2 Å². The van der Waals surface area contributed by atoms with Crippen LogP contribution >= 0.6 is 0 Å². The highest BCUT2D eigenvalue weighted by atomic mass is 19.1. The van der Waals surface area contributed by atoms with Crippen molar-refractivity contribution in [1.29, 1.82) is 0 Å². The van der Waals surface area contributed by atoms with Crippen LogP contribution in [0.4, 0.5) is 10.1 Å². The minimum absolute atomic E-state index is 0.0635. The minimum atomic E-state index is -0.440. The normalized spacial score (nSPS) is 20.8. The van der Waals surface area contributed by atoms with Gasteiger partial charge >= 0.3 is 0 Å². The standard InChI is InChI=1S/C27H34FN3O6/c1-17-13-31(25(32)16-35-4)18(2)15-37-23-12-21(29-26(33)19-6-8-20(28)9-7-19)10-11-22(23)27(34)30(3)14-24(17)36-5/h6-12,17-18,24H,13-16H2,1-5H3,(H,29,33)/t17-,18-,24-/m1/s1. The Morgan fingerprint density at radius 1 is 1.11 bits per heavy atom. The summed E-state index contributed by atoms with van der Waals surface area (Å²) in [6.07, 6.45) is -0.308. The number of benzene rings is 2. The highest BCUT2D eigenvalue weighted by Crippen LogP contribution is 2.27. The molecule has 0 fully saturated rings. The molecule has 0 saturated carbocycles. The number of hydrogen-bond acceptors (Lipinski definition) is 6. The first-order valence-corrected chi connectivity index (χ1v) is 12.0. The van der Waals surface area contributed by atoms with E-state index < -0.39 is 11.7 Å². The molecule has 9 nitrogen and oxygen atoms in total. The summed E-state index contributed by atoms with van der Waals surface area (Å²) in [5.74, 6) is -1.11. The van der Waals surface area contributed by atoms with Gasteiger partial charge in [-0.3, -0.25) is 14.4 Å². The molecule has 3 atom stereocenters. The summed E-state index contributed by atoms with van der Waals surface area (Å²) >= 11 is 0. The number of fused-ring (bicyclic) bond motifs is 1. The molecule has 0 radical (unpaired) electrons. The van der Waals surface area contributed by atoms with Crippen molar-refractivity contribution in [2.24, 2.45) is 5.92 Å². The summed E-state index contributed by atoms with van der Waals surface area (Å²) in [7, 11) is 4.73. The van der Waals surface area contributed by atoms with Crippen LogP contribution < -0.4 is 10.1 Å². The maximum absolute atomic E-state index is 13.3. The number of anilines is 1. The molecule has 10 heteroatoms. The number of rotatable bonds is 5. The zero-order valence-electron chi connectivity index (χ0n) is 21.8. The highest BCUT2D eigenvalue weighted by molar-refractivity contribution is 6.05. The first-order chi connectivity index (χ1) is 17.6. The predicted octanol–water partition coefficient (Wildman–Crippen LogP) is 3.06. The summed E-state index contributed by atoms with van der Waals surface area (Å²) in [4.78, 5) is 42.0. The van der Waals surface area contributed by atoms with Crippen LogP contribution in [0.2, 0.25) is 0 Å². The summed E-state index contributed by atoms with van der Waals surface area (Å²) in [6.45, 7) is 4.58. The maximum Gasteiger partial charge on any atom is 0.257 e. The van der Waals surface area contributed by atoms with Crippen LogP contribution in [0.5, 0.6) is 5.75 Å². The summed E-state index contributed by atoms with van der Waals surface area (Å²) in [6, 6.07) is 9.61. The van der Waals surface area contributed by atoms with E-state index >= 15 is 0 Å². The Morgan fingerprint density at radius 2 is 1.81 bits per heavy atom. The number of carbonyl (C=O) groups excluding carboxylic acids is 3. The van der Waals surface area contributed by atoms with Crippen LogP contribution in [0.1, 0.15) is 34.6 Å². The second-order valence-corrected chi connectivity index (χ2v) is 9.25. The average Bonchev–Trinajstić information content (AvgIpc) is 2.88. The van der Waals surface area contributed by atoms with E-state index in [0.717, 1.165) is 0 Å². The molecular weight excluding hydrogens is 481 g/mol. The van der Waals surface area contributed by atoms with Crippen molar-refractivity contribution >= 4 is 23.4 Å². The highest BCUT2D eigenvalue weighted by Gasteiger charge is 2.30. The van der Waals surface area contributed by atoms with Crippen LogP contribution in [0.3, 0.4) is 0 Å². The predicted molar refractivity (Wildman–Crippen MR) is 136 cm³/mol. The molecule has 1 heterocycles. The van der Waals surface area contributed by atoms with E-state index in [2.05, 4.69) is 5.32 Å². The Kier molecular flexibility index (Phi) is 9.60. The molecule has 2 aromatic rings. The fraction of sp³-hybridized carbons (Fsp3) is 0.444. The SMILES string of the molecule is COCC(=O)N1C[C@@H](C)[C@H](OC)CN(C)C(=O)c2ccc(NC(=O)c3ccc(F)cc3)cc2OC[C@H]1C. The summed E-state index contributed by atoms with van der Waals surface area (Å²) in [5.41, 5.74) is 0.998. The number of halogens is 1. The Balaban J connectivity index is 1.93. The molecule has 0 aliphatic carbocycles. The van der Waals surface area contributed by atoms with Gasteiger partial charge < -0.3 is 29.3 Å². The Morgan fingerprint density at radius 3 is 2.46 bits per heavy atom. The van der Waals surface area contributed by atoms with Crippen molar-refractivity contribution in [2.75, 3.05) is 52.9 Å². The van der Waals surface area contributed by atoms with Crippen molar-refractivity contribution in [1.82, 2.24) is 9.80 Å². The zero-order chi connectivity index (χ0) is 27.1. The molecule has 1 aliphatic rings. The number of ether oxygens (including phenoxy) is 3. The molecule has 0 unspecified atom stereocenters. The molecule has 3 amide bonds. The monoisotopic (exact) mass is 515 g/mol. The Labute approximate surface area is 216 Å². The lowest BCUT2D eigenvalue weighted by atomic mass is 10.0. The lowest BCUT2D eigenvalue weighted by Crippen LogP contribution is -2.49. The van der Waals surface area contributed by atoms with Gasteiger partial charge in [-0.25, -0.2) is 4.39 Å². The number of carbonyl (C=O) groups is 3. The quantitative estimate of drug-likeness (QED) is 0.658. The average molecular weight is 516 g/mol. The van der Waals surface area contributed by atoms with Gasteiger partial charge in [0, 0.05) is 57.6 Å². The van der Waals surface area contributed by atoms with Crippen molar-refractivity contribution in [3.8, 4) is 5.75 Å². The first-order valence-electron chi connectivity index (χ1n) is 12.0. The topological polar surface area (TPSA) is 97.4 Å². The molecule has 37 heavy (non-hydrogen) atoms. The number of likely N-dealkylation sites (N-methyl/N-ethyl adjacent to an activating group) is 1. The van der Waals surface area contributed by atoms with Crippen LogP contribution in [0.15, 0.2) is 42.5 Å². The third-order valence-corrected chi connectivity index (χ3v) is 6.40. The van der Waals surface area contributed by atoms with Gasteiger partial charge in [0.1, 0.15) is 24.8 Å². The number of nitrogens with zero attached hydrogens (tertiary/aromatic N) is 2. The van der Waals surface area contributed by atoms with Crippen molar-refractivity contribution in [2.45, 2.75) is 26.0 Å². The summed E-state index contributed by atoms with van der Waals surface area (Å²) < 4.78 is 30.0. The van der Waals surface area contributed by atoms with Gasteiger partial charge in [0.25, 0.3) is 11.8 Å². The molecule has 1 aliphatic heterocycles. The lowest BCUT2D eigenvalue weighted by molar-refractivity contribution is -0.139. The number of methoxy groups -OCH3 is 2. The minimum Gasteiger partial charge on any atom is -0.491 e. The van der Waals surface area contributed by atoms with Crippen molar-refractivity contribution < 1.29 is 33.0 Å². The number of amides is 3. The van der Waals surface area contributed by atoms with Crippen LogP contribution in [0.25, 0.3) is 0 Å². The number of nitrogens with one attached hydrogen (secondary N) is 1. The van der Waals surface area contributed by atoms with E-state index in [1.165, 1.54) is 31.4 Å². The van der Waals surface area contributed by atoms with E-state index in [9.17, 15) is 18.8 Å². The second-order valence-electron chi connectivity index (χ2n) is 9.25. The molecule has 0 spiro atoms. The maximum atomic E-state index is 13.3. The van der Waals surface area contributed by atoms with Gasteiger partial charge in [-0.05, 0) is 43.3 Å². The largest absolute Gasteiger partial charge is 0.491 e. The first kappa shape index (κ1) is 28.1. The smallest absolute Gasteiger partial charge is 0.257 e. The van der Waals surface area contributed by atoms with E-state index in [1.54, 1.807) is 42.2 Å². The second kappa shape index (κ2) is 12.6. The zero-order valence-corrected chi connectivity index (χ0v) is 21.8. The third-order valence-electron chi connectivity index (χ3n) is 6.40. The Hall–Kier alpha value is -3.50. The van der Waals surface area contributed by atoms with Gasteiger partial charge in [0.2, 0.25) is 5.91 Å². The van der Waals surface area contributed by atoms with E-state index in [-0.39, 0.29) is 54.4 Å². The van der Waals surface area contributed by atoms with E-state index in [4.69, 9.17) is 14.2 Å². The van der Waals surface area contributed by atoms with Crippen LogP contribution in [-0.2, 0) is 14.3 Å². The Bertz CT molecular complexity index is 1110. The van der Waals surface area contributed by atoms with E-state index in [1.807, 2.05) is 13.8 Å².